The lowest BCUT2D eigenvalue weighted by atomic mass is 10.2. The minimum Gasteiger partial charge on any atom is -0.491 e. The summed E-state index contributed by atoms with van der Waals surface area (Å²) in [4.78, 5) is 20.0. The van der Waals surface area contributed by atoms with Crippen LogP contribution in [0.3, 0.4) is 0 Å². The first-order chi connectivity index (χ1) is 11.1. The molecule has 7 nitrogen and oxygen atoms in total. The summed E-state index contributed by atoms with van der Waals surface area (Å²) in [6.07, 6.45) is 0. The van der Waals surface area contributed by atoms with E-state index in [9.17, 15) is 4.79 Å². The van der Waals surface area contributed by atoms with Crippen molar-refractivity contribution < 1.29 is 14.6 Å². The Morgan fingerprint density at radius 1 is 1.39 bits per heavy atom. The molecule has 0 unspecified atom stereocenters. The van der Waals surface area contributed by atoms with Crippen molar-refractivity contribution in [2.75, 3.05) is 13.2 Å². The van der Waals surface area contributed by atoms with Crippen LogP contribution in [-0.2, 0) is 6.54 Å². The van der Waals surface area contributed by atoms with Gasteiger partial charge in [-0.1, -0.05) is 12.1 Å². The van der Waals surface area contributed by atoms with Crippen molar-refractivity contribution in [2.24, 2.45) is 0 Å². The van der Waals surface area contributed by atoms with Gasteiger partial charge in [-0.05, 0) is 24.6 Å². The Bertz CT molecular complexity index is 740. The topological polar surface area (TPSA) is 108 Å². The third-order valence-electron chi connectivity index (χ3n) is 2.90. The Hall–Kier alpha value is -2.98. The van der Waals surface area contributed by atoms with Gasteiger partial charge >= 0.3 is 0 Å². The zero-order valence-electron chi connectivity index (χ0n) is 12.6. The molecule has 2 N–H and O–H groups in total. The van der Waals surface area contributed by atoms with E-state index >= 15 is 0 Å². The highest BCUT2D eigenvalue weighted by molar-refractivity contribution is 5.92. The normalized spacial score (nSPS) is 9.96. The van der Waals surface area contributed by atoms with Crippen molar-refractivity contribution in [1.82, 2.24) is 15.3 Å². The van der Waals surface area contributed by atoms with Crippen LogP contribution >= 0.6 is 0 Å². The highest BCUT2D eigenvalue weighted by atomic mass is 16.5. The maximum atomic E-state index is 12.1. The lowest BCUT2D eigenvalue weighted by molar-refractivity contribution is 0.0945. The Kier molecular flexibility index (Phi) is 5.61. The van der Waals surface area contributed by atoms with Gasteiger partial charge in [0.1, 0.15) is 35.6 Å². The molecule has 0 radical (unpaired) electrons. The van der Waals surface area contributed by atoms with E-state index in [4.69, 9.17) is 15.1 Å². The number of aliphatic hydroxyl groups is 1. The van der Waals surface area contributed by atoms with Gasteiger partial charge in [-0.2, -0.15) is 5.26 Å². The minimum absolute atomic E-state index is 0.0603. The Balaban J connectivity index is 2.02. The lowest BCUT2D eigenvalue weighted by Crippen LogP contribution is -2.24. The number of ether oxygens (including phenoxy) is 1. The molecule has 1 heterocycles. The summed E-state index contributed by atoms with van der Waals surface area (Å²) in [5.74, 6) is 0.609. The van der Waals surface area contributed by atoms with Gasteiger partial charge in [-0.15, -0.1) is 0 Å². The van der Waals surface area contributed by atoms with Crippen LogP contribution in [0, 0.1) is 18.3 Å². The van der Waals surface area contributed by atoms with Crippen LogP contribution < -0.4 is 10.1 Å². The van der Waals surface area contributed by atoms with Gasteiger partial charge in [0.25, 0.3) is 5.91 Å². The number of amides is 1. The summed E-state index contributed by atoms with van der Waals surface area (Å²) >= 11 is 0. The fourth-order valence-corrected chi connectivity index (χ4v) is 1.92. The van der Waals surface area contributed by atoms with Gasteiger partial charge in [0.05, 0.1) is 6.61 Å². The molecular formula is C16H16N4O3. The molecule has 1 aromatic carbocycles. The smallest absolute Gasteiger partial charge is 0.270 e. The molecule has 0 aliphatic carbocycles. The van der Waals surface area contributed by atoms with Crippen molar-refractivity contribution in [3.05, 3.63) is 53.1 Å². The van der Waals surface area contributed by atoms with Crippen LogP contribution in [0.5, 0.6) is 5.75 Å². The van der Waals surface area contributed by atoms with Crippen molar-refractivity contribution in [2.45, 2.75) is 13.5 Å². The third-order valence-corrected chi connectivity index (χ3v) is 2.90. The first-order valence-electron chi connectivity index (χ1n) is 6.99. The van der Waals surface area contributed by atoms with Crippen LogP contribution in [0.25, 0.3) is 0 Å². The number of carbonyl (C=O) groups excluding carboxylic acids is 1. The second kappa shape index (κ2) is 7.87. The molecule has 2 rings (SSSR count). The monoisotopic (exact) mass is 312 g/mol. The predicted octanol–water partition coefficient (Wildman–Crippen LogP) is 0.958. The number of aromatic nitrogens is 2. The van der Waals surface area contributed by atoms with E-state index in [1.807, 2.05) is 12.1 Å². The molecule has 0 aliphatic rings. The molecule has 0 atom stereocenters. The van der Waals surface area contributed by atoms with E-state index in [-0.39, 0.29) is 30.5 Å². The highest BCUT2D eigenvalue weighted by Gasteiger charge is 2.10. The number of carbonyl (C=O) groups is 1. The van der Waals surface area contributed by atoms with E-state index in [1.54, 1.807) is 25.1 Å². The molecule has 118 valence electrons. The molecule has 0 saturated heterocycles. The van der Waals surface area contributed by atoms with Gasteiger partial charge in [-0.25, -0.2) is 9.97 Å². The molecule has 0 bridgehead atoms. The van der Waals surface area contributed by atoms with E-state index in [0.29, 0.717) is 18.1 Å². The first kappa shape index (κ1) is 16.4. The van der Waals surface area contributed by atoms with Gasteiger partial charge in [0, 0.05) is 12.6 Å². The molecule has 1 aromatic heterocycles. The lowest BCUT2D eigenvalue weighted by Gasteiger charge is -2.08. The summed E-state index contributed by atoms with van der Waals surface area (Å²) in [6, 6.07) is 10.4. The van der Waals surface area contributed by atoms with Crippen molar-refractivity contribution in [3.8, 4) is 11.8 Å². The molecule has 7 heteroatoms. The van der Waals surface area contributed by atoms with E-state index in [1.165, 1.54) is 6.07 Å². The van der Waals surface area contributed by atoms with Crippen molar-refractivity contribution in [1.29, 1.82) is 5.26 Å². The number of aliphatic hydroxyl groups excluding tert-OH is 1. The maximum Gasteiger partial charge on any atom is 0.270 e. The van der Waals surface area contributed by atoms with E-state index < -0.39 is 0 Å². The van der Waals surface area contributed by atoms with Gasteiger partial charge in [-0.3, -0.25) is 4.79 Å². The Labute approximate surface area is 133 Å². The molecule has 0 saturated carbocycles. The number of nitrogens with zero attached hydrogens (tertiary/aromatic N) is 3. The quantitative estimate of drug-likeness (QED) is 0.822. The number of benzene rings is 1. The van der Waals surface area contributed by atoms with E-state index in [2.05, 4.69) is 15.3 Å². The van der Waals surface area contributed by atoms with Gasteiger partial charge < -0.3 is 15.2 Å². The van der Waals surface area contributed by atoms with Crippen LogP contribution in [0.4, 0.5) is 0 Å². The number of rotatable bonds is 6. The molecule has 0 aliphatic heterocycles. The van der Waals surface area contributed by atoms with Crippen LogP contribution in [0.1, 0.15) is 27.6 Å². The first-order valence-corrected chi connectivity index (χ1v) is 6.99. The number of nitriles is 1. The average Bonchev–Trinajstić information content (AvgIpc) is 2.57. The fourth-order valence-electron chi connectivity index (χ4n) is 1.92. The summed E-state index contributed by atoms with van der Waals surface area (Å²) < 4.78 is 5.31. The predicted molar refractivity (Wildman–Crippen MR) is 81.7 cm³/mol. The summed E-state index contributed by atoms with van der Waals surface area (Å²) in [6.45, 7) is 2.07. The second-order valence-corrected chi connectivity index (χ2v) is 4.70. The molecular weight excluding hydrogens is 296 g/mol. The fraction of sp³-hybridized carbons (Fsp3) is 0.250. The van der Waals surface area contributed by atoms with Gasteiger partial charge in [0.2, 0.25) is 0 Å². The van der Waals surface area contributed by atoms with Crippen molar-refractivity contribution >= 4 is 5.91 Å². The van der Waals surface area contributed by atoms with Crippen LogP contribution in [0.2, 0.25) is 0 Å². The molecule has 23 heavy (non-hydrogen) atoms. The SMILES string of the molecule is Cc1nc(C#N)cc(C(=O)NCc2cccc(OCCO)c2)n1. The Morgan fingerprint density at radius 2 is 2.22 bits per heavy atom. The summed E-state index contributed by atoms with van der Waals surface area (Å²) in [7, 11) is 0. The zero-order chi connectivity index (χ0) is 16.7. The standard InChI is InChI=1S/C16H16N4O3/c1-11-19-13(9-17)8-15(20-11)16(22)18-10-12-3-2-4-14(7-12)23-6-5-21/h2-4,7-8,21H,5-6,10H2,1H3,(H,18,22). The molecule has 2 aromatic rings. The van der Waals surface area contributed by atoms with Crippen molar-refractivity contribution in [3.63, 3.8) is 0 Å². The Morgan fingerprint density at radius 3 is 2.96 bits per heavy atom. The summed E-state index contributed by atoms with van der Waals surface area (Å²) in [5.41, 5.74) is 1.16. The minimum atomic E-state index is -0.381. The number of hydrogen-bond acceptors (Lipinski definition) is 6. The largest absolute Gasteiger partial charge is 0.491 e. The summed E-state index contributed by atoms with van der Waals surface area (Å²) in [5, 5.41) is 20.4. The van der Waals surface area contributed by atoms with E-state index in [0.717, 1.165) is 5.56 Å². The number of nitrogens with one attached hydrogen (secondary N) is 1. The average molecular weight is 312 g/mol. The zero-order valence-corrected chi connectivity index (χ0v) is 12.6. The van der Waals surface area contributed by atoms with Gasteiger partial charge in [0.15, 0.2) is 0 Å². The molecule has 1 amide bonds. The highest BCUT2D eigenvalue weighted by Crippen LogP contribution is 2.13. The third kappa shape index (κ3) is 4.76. The maximum absolute atomic E-state index is 12.1. The molecule has 0 spiro atoms. The molecule has 0 fully saturated rings. The number of aryl methyl sites for hydroxylation is 1. The van der Waals surface area contributed by atoms with Crippen LogP contribution in [-0.4, -0.2) is 34.2 Å². The number of hydrogen-bond donors (Lipinski definition) is 2. The van der Waals surface area contributed by atoms with Crippen LogP contribution in [0.15, 0.2) is 30.3 Å². The second-order valence-electron chi connectivity index (χ2n) is 4.70.